The molecule has 6 nitrogen and oxygen atoms in total. The molecule has 3 aromatic carbocycles. The highest BCUT2D eigenvalue weighted by Gasteiger charge is 2.37. The van der Waals surface area contributed by atoms with Gasteiger partial charge in [0, 0.05) is 0 Å². The fraction of sp³-hybridized carbons (Fsp3) is 0.136. The van der Waals surface area contributed by atoms with Crippen molar-refractivity contribution in [3.8, 4) is 0 Å². The van der Waals surface area contributed by atoms with Crippen molar-refractivity contribution >= 4 is 27.6 Å². The molecule has 148 valence electrons. The van der Waals surface area contributed by atoms with E-state index in [1.165, 1.54) is 26.3 Å². The van der Waals surface area contributed by atoms with Gasteiger partial charge in [-0.1, -0.05) is 48.5 Å². The lowest BCUT2D eigenvalue weighted by molar-refractivity contribution is 0.0697. The van der Waals surface area contributed by atoms with Gasteiger partial charge in [0.2, 0.25) is 0 Å². The van der Waals surface area contributed by atoms with Gasteiger partial charge < -0.3 is 5.11 Å². The summed E-state index contributed by atoms with van der Waals surface area (Å²) in [5.41, 5.74) is 3.30. The first kappa shape index (κ1) is 19.0. The van der Waals surface area contributed by atoms with Gasteiger partial charge in [-0.2, -0.15) is 8.42 Å². The monoisotopic (exact) mass is 408 g/mol. The lowest BCUT2D eigenvalue weighted by atomic mass is 10.0. The molecule has 3 aromatic rings. The number of rotatable bonds is 5. The van der Waals surface area contributed by atoms with E-state index in [1.54, 1.807) is 12.1 Å². The molecule has 1 saturated heterocycles. The Bertz CT molecular complexity index is 1130. The van der Waals surface area contributed by atoms with E-state index < -0.39 is 16.2 Å². The Morgan fingerprint density at radius 1 is 0.793 bits per heavy atom. The predicted octanol–water partition coefficient (Wildman–Crippen LogP) is 3.55. The van der Waals surface area contributed by atoms with Crippen LogP contribution in [0, 0.1) is 0 Å². The van der Waals surface area contributed by atoms with Crippen molar-refractivity contribution in [1.29, 1.82) is 0 Å². The lowest BCUT2D eigenvalue weighted by Crippen LogP contribution is -2.33. The summed E-state index contributed by atoms with van der Waals surface area (Å²) in [6, 6.07) is 23.6. The molecule has 1 N–H and O–H groups in total. The van der Waals surface area contributed by atoms with Crippen molar-refractivity contribution in [2.24, 2.45) is 0 Å². The van der Waals surface area contributed by atoms with E-state index in [2.05, 4.69) is 12.1 Å². The molecule has 7 heteroatoms. The zero-order valence-corrected chi connectivity index (χ0v) is 16.4. The average Bonchev–Trinajstić information content (AvgIpc) is 3.04. The topological polar surface area (TPSA) is 77.9 Å². The second kappa shape index (κ2) is 7.60. The predicted molar refractivity (Wildman–Crippen MR) is 113 cm³/mol. The second-order valence-corrected chi connectivity index (χ2v) is 8.61. The first-order valence-corrected chi connectivity index (χ1v) is 10.6. The number of benzene rings is 3. The van der Waals surface area contributed by atoms with Crippen molar-refractivity contribution in [1.82, 2.24) is 0 Å². The number of nitrogens with zero attached hydrogens (tertiary/aromatic N) is 2. The summed E-state index contributed by atoms with van der Waals surface area (Å²) in [6.07, 6.45) is 0.780. The van der Waals surface area contributed by atoms with Gasteiger partial charge in [-0.3, -0.25) is 8.61 Å². The summed E-state index contributed by atoms with van der Waals surface area (Å²) in [6.45, 7) is 0.564. The molecule has 0 amide bonds. The molecule has 0 aromatic heterocycles. The first-order valence-electron chi connectivity index (χ1n) is 9.22. The third-order valence-electron chi connectivity index (χ3n) is 4.92. The molecular formula is C22H20N2O4S. The van der Waals surface area contributed by atoms with Gasteiger partial charge in [-0.25, -0.2) is 4.79 Å². The lowest BCUT2D eigenvalue weighted by Gasteiger charge is -2.21. The molecule has 0 radical (unpaired) electrons. The van der Waals surface area contributed by atoms with E-state index in [0.717, 1.165) is 12.0 Å². The van der Waals surface area contributed by atoms with Crippen LogP contribution in [0.25, 0.3) is 0 Å². The largest absolute Gasteiger partial charge is 0.478 e. The SMILES string of the molecule is O=C(O)c1cccc(N2CCN(c3ccc(Cc4ccccc4)cc3)S2(=O)=O)c1. The quantitative estimate of drug-likeness (QED) is 0.700. The van der Waals surface area contributed by atoms with Crippen molar-refractivity contribution in [2.45, 2.75) is 6.42 Å². The molecular weight excluding hydrogens is 388 g/mol. The minimum Gasteiger partial charge on any atom is -0.478 e. The van der Waals surface area contributed by atoms with Crippen LogP contribution in [0.4, 0.5) is 11.4 Å². The van der Waals surface area contributed by atoms with Gasteiger partial charge in [0.1, 0.15) is 0 Å². The third kappa shape index (κ3) is 3.82. The van der Waals surface area contributed by atoms with Gasteiger partial charge in [0.25, 0.3) is 0 Å². The Kier molecular flexibility index (Phi) is 4.98. The average molecular weight is 408 g/mol. The van der Waals surface area contributed by atoms with Crippen molar-refractivity contribution in [3.05, 3.63) is 95.6 Å². The Morgan fingerprint density at radius 3 is 2.07 bits per heavy atom. The van der Waals surface area contributed by atoms with Crippen LogP contribution in [-0.2, 0) is 16.6 Å². The number of carbonyl (C=O) groups is 1. The Morgan fingerprint density at radius 2 is 1.41 bits per heavy atom. The van der Waals surface area contributed by atoms with Gasteiger partial charge in [0.15, 0.2) is 0 Å². The number of hydrogen-bond donors (Lipinski definition) is 1. The molecule has 0 spiro atoms. The van der Waals surface area contributed by atoms with Crippen LogP contribution in [0.3, 0.4) is 0 Å². The van der Waals surface area contributed by atoms with Gasteiger partial charge in [-0.15, -0.1) is 0 Å². The fourth-order valence-electron chi connectivity index (χ4n) is 3.46. The minimum absolute atomic E-state index is 0.0569. The molecule has 0 atom stereocenters. The van der Waals surface area contributed by atoms with E-state index in [-0.39, 0.29) is 12.1 Å². The maximum Gasteiger partial charge on any atom is 0.335 e. The molecule has 29 heavy (non-hydrogen) atoms. The summed E-state index contributed by atoms with van der Waals surface area (Å²) >= 11 is 0. The summed E-state index contributed by atoms with van der Waals surface area (Å²) < 4.78 is 28.7. The summed E-state index contributed by atoms with van der Waals surface area (Å²) in [5, 5.41) is 9.17. The molecule has 0 bridgehead atoms. The number of carboxylic acid groups (broad SMARTS) is 1. The van der Waals surface area contributed by atoms with Crippen molar-refractivity contribution < 1.29 is 18.3 Å². The summed E-state index contributed by atoms with van der Waals surface area (Å²) in [4.78, 5) is 11.2. The fourth-order valence-corrected chi connectivity index (χ4v) is 5.09. The third-order valence-corrected chi connectivity index (χ3v) is 6.82. The highest BCUT2D eigenvalue weighted by atomic mass is 32.2. The highest BCUT2D eigenvalue weighted by Crippen LogP contribution is 2.30. The molecule has 1 fully saturated rings. The van der Waals surface area contributed by atoms with E-state index in [4.69, 9.17) is 5.11 Å². The zero-order valence-electron chi connectivity index (χ0n) is 15.6. The van der Waals surface area contributed by atoms with Crippen LogP contribution in [-0.4, -0.2) is 32.6 Å². The second-order valence-electron chi connectivity index (χ2n) is 6.84. The molecule has 0 aliphatic carbocycles. The van der Waals surface area contributed by atoms with Crippen molar-refractivity contribution in [3.63, 3.8) is 0 Å². The van der Waals surface area contributed by atoms with Crippen LogP contribution in [0.5, 0.6) is 0 Å². The normalized spacial score (nSPS) is 15.4. The molecule has 1 aliphatic heterocycles. The highest BCUT2D eigenvalue weighted by molar-refractivity contribution is 7.94. The Hall–Kier alpha value is -3.32. The molecule has 0 saturated carbocycles. The first-order chi connectivity index (χ1) is 13.9. The van der Waals surface area contributed by atoms with Crippen LogP contribution >= 0.6 is 0 Å². The van der Waals surface area contributed by atoms with Gasteiger partial charge >= 0.3 is 16.2 Å². The molecule has 0 unspecified atom stereocenters. The number of hydrogen-bond acceptors (Lipinski definition) is 3. The number of aromatic carboxylic acids is 1. The maximum atomic E-state index is 13.1. The Labute approximate surface area is 169 Å². The summed E-state index contributed by atoms with van der Waals surface area (Å²) in [5.74, 6) is -1.09. The standard InChI is InChI=1S/C22H20N2O4S/c25-22(26)19-7-4-8-21(16-19)24-14-13-23(29(24,27)28)20-11-9-18(10-12-20)15-17-5-2-1-3-6-17/h1-12,16H,13-15H2,(H,25,26). The van der Waals surface area contributed by atoms with Crippen LogP contribution in [0.2, 0.25) is 0 Å². The number of carboxylic acids is 1. The van der Waals surface area contributed by atoms with Crippen LogP contribution in [0.1, 0.15) is 21.5 Å². The van der Waals surface area contributed by atoms with Gasteiger partial charge in [-0.05, 0) is 47.9 Å². The van der Waals surface area contributed by atoms with E-state index in [0.29, 0.717) is 17.9 Å². The summed E-state index contributed by atoms with van der Waals surface area (Å²) in [7, 11) is -3.77. The van der Waals surface area contributed by atoms with Crippen LogP contribution < -0.4 is 8.61 Å². The van der Waals surface area contributed by atoms with Crippen LogP contribution in [0.15, 0.2) is 78.9 Å². The van der Waals surface area contributed by atoms with Gasteiger partial charge in [0.05, 0.1) is 30.0 Å². The molecule has 1 heterocycles. The van der Waals surface area contributed by atoms with E-state index >= 15 is 0 Å². The van der Waals surface area contributed by atoms with Crippen molar-refractivity contribution in [2.75, 3.05) is 21.7 Å². The van der Waals surface area contributed by atoms with E-state index in [1.807, 2.05) is 42.5 Å². The molecule has 4 rings (SSSR count). The smallest absolute Gasteiger partial charge is 0.335 e. The maximum absolute atomic E-state index is 13.1. The zero-order chi connectivity index (χ0) is 20.4. The molecule has 1 aliphatic rings. The minimum atomic E-state index is -3.77. The van der Waals surface area contributed by atoms with E-state index in [9.17, 15) is 13.2 Å². The Balaban J connectivity index is 1.55. The number of anilines is 2.